The second kappa shape index (κ2) is 8.61. The predicted octanol–water partition coefficient (Wildman–Crippen LogP) is 2.09. The van der Waals surface area contributed by atoms with Gasteiger partial charge in [0.2, 0.25) is 5.91 Å². The molecule has 1 heterocycles. The summed E-state index contributed by atoms with van der Waals surface area (Å²) in [5.41, 5.74) is 1.11. The molecule has 7 heteroatoms. The largest absolute Gasteiger partial charge is 0.497 e. The average molecular weight is 395 g/mol. The van der Waals surface area contributed by atoms with Gasteiger partial charge in [-0.3, -0.25) is 9.69 Å². The fourth-order valence-electron chi connectivity index (χ4n) is 4.29. The second-order valence-electron chi connectivity index (χ2n) is 7.82. The molecule has 0 spiro atoms. The summed E-state index contributed by atoms with van der Waals surface area (Å²) in [5.74, 6) is 1.19. The van der Waals surface area contributed by atoms with Crippen LogP contribution in [-0.4, -0.2) is 68.4 Å². The minimum absolute atomic E-state index is 0.0556. The lowest BCUT2D eigenvalue weighted by atomic mass is 10.1. The molecule has 150 valence electrons. The van der Waals surface area contributed by atoms with Gasteiger partial charge in [0.05, 0.1) is 25.2 Å². The Hall–Kier alpha value is -1.60. The Morgan fingerprint density at radius 2 is 1.78 bits per heavy atom. The second-order valence-corrected chi connectivity index (χ2v) is 10.0. The normalized spacial score (nSPS) is 22.3. The molecule has 1 aliphatic heterocycles. The van der Waals surface area contributed by atoms with Gasteiger partial charge in [-0.25, -0.2) is 8.42 Å². The van der Waals surface area contributed by atoms with Gasteiger partial charge in [-0.2, -0.15) is 0 Å². The van der Waals surface area contributed by atoms with Crippen LogP contribution < -0.4 is 4.74 Å². The van der Waals surface area contributed by atoms with E-state index in [1.165, 1.54) is 0 Å². The van der Waals surface area contributed by atoms with Gasteiger partial charge in [-0.1, -0.05) is 25.0 Å². The molecule has 2 fully saturated rings. The third-order valence-corrected chi connectivity index (χ3v) is 7.37. The van der Waals surface area contributed by atoms with Crippen molar-refractivity contribution in [3.05, 3.63) is 29.8 Å². The van der Waals surface area contributed by atoms with Crippen molar-refractivity contribution in [3.63, 3.8) is 0 Å². The van der Waals surface area contributed by atoms with Crippen LogP contribution in [0.5, 0.6) is 5.75 Å². The number of amides is 1. The summed E-state index contributed by atoms with van der Waals surface area (Å²) in [6, 6.07) is 7.87. The van der Waals surface area contributed by atoms with E-state index in [-0.39, 0.29) is 29.5 Å². The first-order valence-corrected chi connectivity index (χ1v) is 11.5. The van der Waals surface area contributed by atoms with Crippen LogP contribution in [0.1, 0.15) is 37.7 Å². The van der Waals surface area contributed by atoms with E-state index in [2.05, 4.69) is 0 Å². The van der Waals surface area contributed by atoms with Gasteiger partial charge < -0.3 is 9.64 Å². The summed E-state index contributed by atoms with van der Waals surface area (Å²) in [6.07, 6.45) is 4.80. The van der Waals surface area contributed by atoms with E-state index in [1.807, 2.05) is 41.1 Å². The van der Waals surface area contributed by atoms with Crippen LogP contribution in [0.4, 0.5) is 0 Å². The Balaban J connectivity index is 1.64. The maximum atomic E-state index is 13.1. The number of methoxy groups -OCH3 is 1. The minimum Gasteiger partial charge on any atom is -0.497 e. The zero-order chi connectivity index (χ0) is 19.4. The molecule has 1 atom stereocenters. The smallest absolute Gasteiger partial charge is 0.237 e. The van der Waals surface area contributed by atoms with E-state index in [9.17, 15) is 13.2 Å². The molecule has 3 rings (SSSR count). The number of hydrogen-bond acceptors (Lipinski definition) is 5. The van der Waals surface area contributed by atoms with Crippen LogP contribution >= 0.6 is 0 Å². The first-order valence-electron chi connectivity index (χ1n) is 9.71. The molecule has 1 unspecified atom stereocenters. The molecule has 0 bridgehead atoms. The van der Waals surface area contributed by atoms with Gasteiger partial charge in [0.15, 0.2) is 9.84 Å². The van der Waals surface area contributed by atoms with Gasteiger partial charge in [-0.05, 0) is 44.0 Å². The Kier molecular flexibility index (Phi) is 6.42. The number of benzene rings is 1. The first kappa shape index (κ1) is 20.1. The van der Waals surface area contributed by atoms with Crippen molar-refractivity contribution in [1.29, 1.82) is 0 Å². The van der Waals surface area contributed by atoms with E-state index in [0.717, 1.165) is 37.0 Å². The monoisotopic (exact) mass is 394 g/mol. The van der Waals surface area contributed by atoms with Crippen molar-refractivity contribution in [2.75, 3.05) is 32.2 Å². The van der Waals surface area contributed by atoms with E-state index in [4.69, 9.17) is 4.74 Å². The number of nitrogens with zero attached hydrogens (tertiary/aromatic N) is 2. The van der Waals surface area contributed by atoms with Crippen molar-refractivity contribution in [2.45, 2.75) is 50.7 Å². The molecule has 2 aliphatic rings. The number of carbonyl (C=O) groups is 1. The molecule has 1 aromatic carbocycles. The highest BCUT2D eigenvalue weighted by atomic mass is 32.2. The summed E-state index contributed by atoms with van der Waals surface area (Å²) >= 11 is 0. The number of ether oxygens (including phenoxy) is 1. The highest BCUT2D eigenvalue weighted by Gasteiger charge is 2.39. The molecule has 0 N–H and O–H groups in total. The van der Waals surface area contributed by atoms with Gasteiger partial charge in [0.1, 0.15) is 5.75 Å². The molecule has 0 radical (unpaired) electrons. The number of carbonyl (C=O) groups excluding carboxylic acids is 1. The molecular weight excluding hydrogens is 364 g/mol. The number of hydrogen-bond donors (Lipinski definition) is 0. The topological polar surface area (TPSA) is 66.9 Å². The fourth-order valence-corrected chi connectivity index (χ4v) is 6.01. The summed E-state index contributed by atoms with van der Waals surface area (Å²) in [5, 5.41) is 0. The first-order chi connectivity index (χ1) is 12.9. The van der Waals surface area contributed by atoms with E-state index in [1.54, 1.807) is 7.11 Å². The maximum Gasteiger partial charge on any atom is 0.237 e. The highest BCUT2D eigenvalue weighted by molar-refractivity contribution is 7.91. The van der Waals surface area contributed by atoms with Gasteiger partial charge >= 0.3 is 0 Å². The van der Waals surface area contributed by atoms with E-state index < -0.39 is 9.84 Å². The third kappa shape index (κ3) is 5.23. The Labute approximate surface area is 162 Å². The molecule has 6 nitrogen and oxygen atoms in total. The van der Waals surface area contributed by atoms with Gasteiger partial charge in [-0.15, -0.1) is 0 Å². The average Bonchev–Trinajstić information content (AvgIpc) is 3.26. The Morgan fingerprint density at radius 1 is 1.11 bits per heavy atom. The van der Waals surface area contributed by atoms with Crippen LogP contribution in [0.15, 0.2) is 24.3 Å². The van der Waals surface area contributed by atoms with Crippen molar-refractivity contribution in [1.82, 2.24) is 9.80 Å². The van der Waals surface area contributed by atoms with Crippen LogP contribution in [0.25, 0.3) is 0 Å². The van der Waals surface area contributed by atoms with Gasteiger partial charge in [0.25, 0.3) is 0 Å². The lowest BCUT2D eigenvalue weighted by Gasteiger charge is -2.35. The zero-order valence-electron chi connectivity index (χ0n) is 16.3. The van der Waals surface area contributed by atoms with Crippen molar-refractivity contribution >= 4 is 15.7 Å². The zero-order valence-corrected chi connectivity index (χ0v) is 17.1. The van der Waals surface area contributed by atoms with E-state index >= 15 is 0 Å². The van der Waals surface area contributed by atoms with Crippen molar-refractivity contribution in [2.24, 2.45) is 0 Å². The molecule has 1 saturated heterocycles. The van der Waals surface area contributed by atoms with Crippen LogP contribution in [0, 0.1) is 0 Å². The summed E-state index contributed by atoms with van der Waals surface area (Å²) in [7, 11) is 0.564. The molecule has 1 aromatic rings. The fraction of sp³-hybridized carbons (Fsp3) is 0.650. The molecule has 1 aliphatic carbocycles. The summed E-state index contributed by atoms with van der Waals surface area (Å²) in [4.78, 5) is 17.0. The van der Waals surface area contributed by atoms with Crippen molar-refractivity contribution in [3.8, 4) is 5.75 Å². The Morgan fingerprint density at radius 3 is 2.33 bits per heavy atom. The standard InChI is InChI=1S/C20H30N2O4S/c1-21(13-16-7-9-19(26-2)10-8-16)14-20(23)22(17-5-3-4-6-17)18-11-12-27(24,25)15-18/h7-10,17-18H,3-6,11-15H2,1-2H3. The summed E-state index contributed by atoms with van der Waals surface area (Å²) < 4.78 is 29.1. The number of rotatable bonds is 7. The van der Waals surface area contributed by atoms with E-state index in [0.29, 0.717) is 19.5 Å². The molecule has 1 amide bonds. The number of sulfone groups is 1. The van der Waals surface area contributed by atoms with Crippen molar-refractivity contribution < 1.29 is 17.9 Å². The number of likely N-dealkylation sites (N-methyl/N-ethyl adjacent to an activating group) is 1. The lowest BCUT2D eigenvalue weighted by Crippen LogP contribution is -2.50. The maximum absolute atomic E-state index is 13.1. The Bertz CT molecular complexity index is 742. The summed E-state index contributed by atoms with van der Waals surface area (Å²) in [6.45, 7) is 0.969. The molecular formula is C20H30N2O4S. The quantitative estimate of drug-likeness (QED) is 0.708. The van der Waals surface area contributed by atoms with Gasteiger partial charge in [0, 0.05) is 18.6 Å². The van der Waals surface area contributed by atoms with Crippen LogP contribution in [-0.2, 0) is 21.2 Å². The highest BCUT2D eigenvalue weighted by Crippen LogP contribution is 2.29. The van der Waals surface area contributed by atoms with Crippen LogP contribution in [0.3, 0.4) is 0 Å². The minimum atomic E-state index is -3.01. The predicted molar refractivity (Wildman–Crippen MR) is 105 cm³/mol. The molecule has 27 heavy (non-hydrogen) atoms. The lowest BCUT2D eigenvalue weighted by molar-refractivity contribution is -0.136. The van der Waals surface area contributed by atoms with Crippen LogP contribution in [0.2, 0.25) is 0 Å². The molecule has 0 aromatic heterocycles. The SMILES string of the molecule is COc1ccc(CN(C)CC(=O)N(C2CCCC2)C2CCS(=O)(=O)C2)cc1. The third-order valence-electron chi connectivity index (χ3n) is 5.62. The molecule has 1 saturated carbocycles.